The fourth-order valence-corrected chi connectivity index (χ4v) is 3.69. The summed E-state index contributed by atoms with van der Waals surface area (Å²) in [7, 11) is 0. The van der Waals surface area contributed by atoms with Gasteiger partial charge in [0, 0.05) is 5.69 Å². The molecule has 0 fully saturated rings. The fraction of sp³-hybridized carbons (Fsp3) is 0.217. The van der Waals surface area contributed by atoms with E-state index in [0.29, 0.717) is 6.61 Å². The second kappa shape index (κ2) is 11.1. The van der Waals surface area contributed by atoms with E-state index in [4.69, 9.17) is 51.8 Å². The topological polar surface area (TPSA) is 62.4 Å². The minimum atomic E-state index is -1.83. The number of carbonyl (C=O) groups excluding carboxylic acids is 1. The highest BCUT2D eigenvalue weighted by Crippen LogP contribution is 2.29. The normalized spacial score (nSPS) is 12.1. The Bertz CT molecular complexity index is 1080. The Morgan fingerprint density at radius 3 is 2.38 bits per heavy atom. The van der Waals surface area contributed by atoms with Gasteiger partial charge >= 0.3 is 0 Å². The molecule has 32 heavy (non-hydrogen) atoms. The largest absolute Gasteiger partial charge is 0.494 e. The highest BCUT2D eigenvalue weighted by atomic mass is 35.6. The summed E-state index contributed by atoms with van der Waals surface area (Å²) >= 11 is 23.6. The first-order valence-corrected chi connectivity index (χ1v) is 11.4. The van der Waals surface area contributed by atoms with Gasteiger partial charge in [0.05, 0.1) is 13.0 Å². The van der Waals surface area contributed by atoms with Gasteiger partial charge in [-0.3, -0.25) is 4.79 Å². The van der Waals surface area contributed by atoms with Gasteiger partial charge in [-0.15, -0.1) is 0 Å². The molecule has 3 N–H and O–H groups in total. The van der Waals surface area contributed by atoms with Crippen LogP contribution in [0.4, 0.5) is 5.69 Å². The van der Waals surface area contributed by atoms with Gasteiger partial charge < -0.3 is 20.7 Å². The Hall–Kier alpha value is -2.25. The number of thiocarbonyl (C=S) groups is 1. The average molecular weight is 511 g/mol. The summed E-state index contributed by atoms with van der Waals surface area (Å²) in [6.07, 6.45) is -0.919. The summed E-state index contributed by atoms with van der Waals surface area (Å²) in [6, 6.07) is 20.9. The van der Waals surface area contributed by atoms with Crippen molar-refractivity contribution in [3.8, 4) is 5.75 Å². The number of ether oxygens (including phenoxy) is 1. The Kier molecular flexibility index (Phi) is 8.43. The first kappa shape index (κ1) is 24.4. The maximum Gasteiger partial charge on any atom is 0.228 e. The van der Waals surface area contributed by atoms with E-state index in [1.807, 2.05) is 73.7 Å². The minimum absolute atomic E-state index is 0.124. The Labute approximate surface area is 207 Å². The van der Waals surface area contributed by atoms with Crippen LogP contribution in [0.1, 0.15) is 12.5 Å². The summed E-state index contributed by atoms with van der Waals surface area (Å²) in [6.45, 7) is 2.49. The average Bonchev–Trinajstić information content (AvgIpc) is 2.74. The minimum Gasteiger partial charge on any atom is -0.494 e. The molecule has 0 unspecified atom stereocenters. The molecule has 1 atom stereocenters. The number of rotatable bonds is 7. The van der Waals surface area contributed by atoms with Crippen LogP contribution < -0.4 is 20.7 Å². The lowest BCUT2D eigenvalue weighted by atomic mass is 10.0. The highest BCUT2D eigenvalue weighted by Gasteiger charge is 2.34. The number of hydrogen-bond acceptors (Lipinski definition) is 3. The van der Waals surface area contributed by atoms with Crippen LogP contribution in [0.3, 0.4) is 0 Å². The van der Waals surface area contributed by atoms with Crippen molar-refractivity contribution >= 4 is 74.5 Å². The summed E-state index contributed by atoms with van der Waals surface area (Å²) < 4.78 is 3.58. The third kappa shape index (κ3) is 6.87. The highest BCUT2D eigenvalue weighted by molar-refractivity contribution is 7.80. The zero-order valence-corrected chi connectivity index (χ0v) is 20.3. The number of alkyl halides is 3. The molecule has 3 aromatic rings. The fourth-order valence-electron chi connectivity index (χ4n) is 3.13. The third-order valence-electron chi connectivity index (χ3n) is 4.56. The van der Waals surface area contributed by atoms with Crippen molar-refractivity contribution < 1.29 is 9.53 Å². The van der Waals surface area contributed by atoms with E-state index in [-0.39, 0.29) is 17.4 Å². The Morgan fingerprint density at radius 2 is 1.69 bits per heavy atom. The predicted molar refractivity (Wildman–Crippen MR) is 137 cm³/mol. The second-order valence-electron chi connectivity index (χ2n) is 6.91. The predicted octanol–water partition coefficient (Wildman–Crippen LogP) is 5.58. The molecule has 3 aromatic carbocycles. The summed E-state index contributed by atoms with van der Waals surface area (Å²) in [5, 5.41) is 10.8. The number of fused-ring (bicyclic) bond motifs is 1. The Morgan fingerprint density at radius 1 is 1.00 bits per heavy atom. The molecule has 168 valence electrons. The maximum atomic E-state index is 12.7. The van der Waals surface area contributed by atoms with Crippen molar-refractivity contribution in [1.29, 1.82) is 0 Å². The molecule has 0 aliphatic rings. The van der Waals surface area contributed by atoms with Crippen LogP contribution in [0.25, 0.3) is 10.8 Å². The molecule has 0 bridgehead atoms. The SMILES string of the molecule is CCOc1ccc(NC(=S)N[C@H](NC(=O)Cc2cccc3ccccc23)C(Cl)(Cl)Cl)cc1. The molecule has 1 amide bonds. The molecular formula is C23H22Cl3N3O2S. The molecule has 0 spiro atoms. The van der Waals surface area contributed by atoms with Gasteiger partial charge in [0.1, 0.15) is 11.9 Å². The number of amides is 1. The lowest BCUT2D eigenvalue weighted by Gasteiger charge is -2.28. The molecule has 0 radical (unpaired) electrons. The first-order chi connectivity index (χ1) is 15.3. The maximum absolute atomic E-state index is 12.7. The molecular weight excluding hydrogens is 489 g/mol. The van der Waals surface area contributed by atoms with Gasteiger partial charge in [-0.05, 0) is 59.7 Å². The smallest absolute Gasteiger partial charge is 0.228 e. The van der Waals surface area contributed by atoms with Gasteiger partial charge in [-0.25, -0.2) is 0 Å². The van der Waals surface area contributed by atoms with Crippen LogP contribution in [0, 0.1) is 0 Å². The van der Waals surface area contributed by atoms with Crippen molar-refractivity contribution in [2.45, 2.75) is 23.3 Å². The van der Waals surface area contributed by atoms with Gasteiger partial charge in [0.2, 0.25) is 9.70 Å². The molecule has 0 aliphatic carbocycles. The number of hydrogen-bond donors (Lipinski definition) is 3. The van der Waals surface area contributed by atoms with Gasteiger partial charge in [0.25, 0.3) is 0 Å². The van der Waals surface area contributed by atoms with E-state index in [1.165, 1.54) is 0 Å². The van der Waals surface area contributed by atoms with Crippen LogP contribution >= 0.6 is 47.0 Å². The van der Waals surface area contributed by atoms with E-state index < -0.39 is 9.96 Å². The van der Waals surface area contributed by atoms with E-state index in [9.17, 15) is 4.79 Å². The molecule has 5 nitrogen and oxygen atoms in total. The van der Waals surface area contributed by atoms with Crippen molar-refractivity contribution in [1.82, 2.24) is 10.6 Å². The van der Waals surface area contributed by atoms with Crippen LogP contribution in [-0.2, 0) is 11.2 Å². The van der Waals surface area contributed by atoms with Crippen molar-refractivity contribution in [3.05, 3.63) is 72.3 Å². The van der Waals surface area contributed by atoms with Crippen LogP contribution in [-0.4, -0.2) is 27.6 Å². The molecule has 3 rings (SSSR count). The molecule has 0 aromatic heterocycles. The summed E-state index contributed by atoms with van der Waals surface area (Å²) in [5.74, 6) is 0.436. The standard InChI is InChI=1S/C23H22Cl3N3O2S/c1-2-31-18-12-10-17(11-13-18)27-22(32)29-21(23(24,25)26)28-20(30)14-16-8-5-7-15-6-3-4-9-19(15)16/h3-13,21H,2,14H2,1H3,(H,28,30)(H2,27,29,32)/t21-/m0/s1. The molecule has 0 saturated carbocycles. The zero-order chi connectivity index (χ0) is 23.1. The molecule has 0 saturated heterocycles. The monoisotopic (exact) mass is 509 g/mol. The number of nitrogens with one attached hydrogen (secondary N) is 3. The second-order valence-corrected chi connectivity index (χ2v) is 9.69. The number of halogens is 3. The summed E-state index contributed by atoms with van der Waals surface area (Å²) in [5.41, 5.74) is 1.59. The Balaban J connectivity index is 1.64. The molecule has 9 heteroatoms. The van der Waals surface area contributed by atoms with E-state index in [1.54, 1.807) is 0 Å². The lowest BCUT2D eigenvalue weighted by molar-refractivity contribution is -0.121. The van der Waals surface area contributed by atoms with Crippen LogP contribution in [0.2, 0.25) is 0 Å². The number of benzene rings is 3. The molecule has 0 heterocycles. The van der Waals surface area contributed by atoms with Gasteiger partial charge in [-0.1, -0.05) is 77.3 Å². The summed E-state index contributed by atoms with van der Waals surface area (Å²) in [4.78, 5) is 12.7. The number of anilines is 1. The van der Waals surface area contributed by atoms with Crippen molar-refractivity contribution in [2.24, 2.45) is 0 Å². The molecule has 0 aliphatic heterocycles. The van der Waals surface area contributed by atoms with Crippen molar-refractivity contribution in [2.75, 3.05) is 11.9 Å². The van der Waals surface area contributed by atoms with E-state index in [0.717, 1.165) is 27.8 Å². The van der Waals surface area contributed by atoms with Crippen molar-refractivity contribution in [3.63, 3.8) is 0 Å². The quantitative estimate of drug-likeness (QED) is 0.220. The lowest BCUT2D eigenvalue weighted by Crippen LogP contribution is -2.56. The third-order valence-corrected chi connectivity index (χ3v) is 5.44. The zero-order valence-electron chi connectivity index (χ0n) is 17.2. The number of carbonyl (C=O) groups is 1. The van der Waals surface area contributed by atoms with E-state index in [2.05, 4.69) is 16.0 Å². The van der Waals surface area contributed by atoms with E-state index >= 15 is 0 Å². The first-order valence-electron chi connectivity index (χ1n) is 9.89. The van der Waals surface area contributed by atoms with Gasteiger partial charge in [-0.2, -0.15) is 0 Å². The van der Waals surface area contributed by atoms with Crippen LogP contribution in [0.5, 0.6) is 5.75 Å². The van der Waals surface area contributed by atoms with Crippen LogP contribution in [0.15, 0.2) is 66.7 Å². The van der Waals surface area contributed by atoms with Gasteiger partial charge in [0.15, 0.2) is 5.11 Å².